The Bertz CT molecular complexity index is 154. The second-order valence-corrected chi connectivity index (χ2v) is 3.68. The van der Waals surface area contributed by atoms with E-state index < -0.39 is 0 Å². The number of allylic oxidation sites excluding steroid dienone is 1. The van der Waals surface area contributed by atoms with Crippen molar-refractivity contribution in [1.29, 1.82) is 0 Å². The van der Waals surface area contributed by atoms with Gasteiger partial charge in [-0.25, -0.2) is 0 Å². The average molecular weight is 197 g/mol. The van der Waals surface area contributed by atoms with Gasteiger partial charge in [0.2, 0.25) is 0 Å². The van der Waals surface area contributed by atoms with Crippen molar-refractivity contribution in [2.45, 2.75) is 51.4 Å². The lowest BCUT2D eigenvalue weighted by atomic mass is 10.1. The first-order valence-corrected chi connectivity index (χ1v) is 5.66. The van der Waals surface area contributed by atoms with E-state index in [0.717, 1.165) is 19.4 Å². The summed E-state index contributed by atoms with van der Waals surface area (Å²) in [6.07, 6.45) is 10.5. The van der Waals surface area contributed by atoms with Gasteiger partial charge in [0.05, 0.1) is 0 Å². The van der Waals surface area contributed by atoms with E-state index in [1.54, 1.807) is 0 Å². The molecule has 0 bridgehead atoms. The number of hydrogen-bond acceptors (Lipinski definition) is 2. The molecule has 0 saturated carbocycles. The van der Waals surface area contributed by atoms with Crippen molar-refractivity contribution in [3.8, 4) is 0 Å². The zero-order valence-corrected chi connectivity index (χ0v) is 9.13. The van der Waals surface area contributed by atoms with Crippen molar-refractivity contribution in [2.24, 2.45) is 5.73 Å². The minimum Gasteiger partial charge on any atom is -0.330 e. The second kappa shape index (κ2) is 10.5. The number of carbonyl (C=O) groups is 1. The van der Waals surface area contributed by atoms with Gasteiger partial charge in [-0.05, 0) is 25.5 Å². The molecule has 0 aliphatic carbocycles. The van der Waals surface area contributed by atoms with Gasteiger partial charge in [-0.2, -0.15) is 0 Å². The lowest BCUT2D eigenvalue weighted by molar-refractivity contribution is -0.114. The summed E-state index contributed by atoms with van der Waals surface area (Å²) < 4.78 is 0. The molecule has 2 N–H and O–H groups in total. The monoisotopic (exact) mass is 197 g/mol. The highest BCUT2D eigenvalue weighted by Gasteiger charge is 1.95. The van der Waals surface area contributed by atoms with Gasteiger partial charge in [0.25, 0.3) is 0 Å². The van der Waals surface area contributed by atoms with Gasteiger partial charge in [-0.1, -0.05) is 38.7 Å². The molecule has 0 rings (SSSR count). The van der Waals surface area contributed by atoms with Crippen LogP contribution in [0.2, 0.25) is 0 Å². The fourth-order valence-electron chi connectivity index (χ4n) is 1.43. The highest BCUT2D eigenvalue weighted by atomic mass is 16.1. The van der Waals surface area contributed by atoms with Crippen LogP contribution in [0, 0.1) is 0 Å². The molecule has 2 heteroatoms. The van der Waals surface area contributed by atoms with Gasteiger partial charge < -0.3 is 5.73 Å². The van der Waals surface area contributed by atoms with Gasteiger partial charge in [0.15, 0.2) is 5.78 Å². The molecule has 0 aromatic carbocycles. The van der Waals surface area contributed by atoms with Crippen molar-refractivity contribution in [1.82, 2.24) is 0 Å². The van der Waals surface area contributed by atoms with E-state index in [4.69, 9.17) is 5.73 Å². The Hall–Kier alpha value is -0.630. The molecule has 0 saturated heterocycles. The maximum absolute atomic E-state index is 10.9. The Kier molecular flexibility index (Phi) is 9.98. The Morgan fingerprint density at radius 2 is 1.50 bits per heavy atom. The fourth-order valence-corrected chi connectivity index (χ4v) is 1.43. The molecular formula is C12H23NO. The summed E-state index contributed by atoms with van der Waals surface area (Å²) >= 11 is 0. The SMILES string of the molecule is C=CC(=O)CCCCCCCCCN. The van der Waals surface area contributed by atoms with Crippen LogP contribution in [0.15, 0.2) is 12.7 Å². The maximum atomic E-state index is 10.9. The first kappa shape index (κ1) is 13.4. The van der Waals surface area contributed by atoms with E-state index in [9.17, 15) is 4.79 Å². The number of ketones is 1. The molecule has 0 heterocycles. The van der Waals surface area contributed by atoms with Crippen molar-refractivity contribution >= 4 is 5.78 Å². The van der Waals surface area contributed by atoms with Crippen molar-refractivity contribution in [2.75, 3.05) is 6.54 Å². The molecule has 0 aliphatic heterocycles. The Balaban J connectivity index is 2.99. The third-order valence-corrected chi connectivity index (χ3v) is 2.35. The number of nitrogens with two attached hydrogens (primary N) is 1. The number of hydrogen-bond donors (Lipinski definition) is 1. The molecule has 0 aromatic heterocycles. The van der Waals surface area contributed by atoms with E-state index in [-0.39, 0.29) is 5.78 Å². The van der Waals surface area contributed by atoms with Crippen LogP contribution in [0.1, 0.15) is 51.4 Å². The van der Waals surface area contributed by atoms with Crippen molar-refractivity contribution in [3.63, 3.8) is 0 Å². The first-order chi connectivity index (χ1) is 6.81. The van der Waals surface area contributed by atoms with Gasteiger partial charge in [-0.15, -0.1) is 0 Å². The van der Waals surface area contributed by atoms with Crippen LogP contribution in [0.4, 0.5) is 0 Å². The third kappa shape index (κ3) is 9.46. The molecule has 0 fully saturated rings. The number of carbonyl (C=O) groups excluding carboxylic acids is 1. The minimum atomic E-state index is 0.174. The lowest BCUT2D eigenvalue weighted by Gasteiger charge is -2.00. The predicted octanol–water partition coefficient (Wildman–Crippen LogP) is 2.82. The number of rotatable bonds is 10. The standard InChI is InChI=1S/C12H23NO/c1-2-12(14)10-8-6-4-3-5-7-9-11-13/h2H,1,3-11,13H2. The smallest absolute Gasteiger partial charge is 0.155 e. The third-order valence-electron chi connectivity index (χ3n) is 2.35. The molecule has 0 amide bonds. The van der Waals surface area contributed by atoms with Crippen molar-refractivity contribution < 1.29 is 4.79 Å². The molecule has 0 unspecified atom stereocenters. The molecule has 14 heavy (non-hydrogen) atoms. The Labute approximate surface area is 87.6 Å². The molecular weight excluding hydrogens is 174 g/mol. The summed E-state index contributed by atoms with van der Waals surface area (Å²) in [6.45, 7) is 4.26. The Morgan fingerprint density at radius 1 is 1.00 bits per heavy atom. The summed E-state index contributed by atoms with van der Waals surface area (Å²) in [5, 5.41) is 0. The summed E-state index contributed by atoms with van der Waals surface area (Å²) in [5.74, 6) is 0.174. The van der Waals surface area contributed by atoms with Crippen LogP contribution < -0.4 is 5.73 Å². The zero-order valence-electron chi connectivity index (χ0n) is 9.13. The molecule has 0 radical (unpaired) electrons. The zero-order chi connectivity index (χ0) is 10.6. The summed E-state index contributed by atoms with van der Waals surface area (Å²) in [7, 11) is 0. The van der Waals surface area contributed by atoms with Crippen LogP contribution in [-0.4, -0.2) is 12.3 Å². The molecule has 82 valence electrons. The number of unbranched alkanes of at least 4 members (excludes halogenated alkanes) is 6. The van der Waals surface area contributed by atoms with Crippen LogP contribution >= 0.6 is 0 Å². The molecule has 0 aromatic rings. The molecule has 2 nitrogen and oxygen atoms in total. The predicted molar refractivity (Wildman–Crippen MR) is 61.2 cm³/mol. The summed E-state index contributed by atoms with van der Waals surface area (Å²) in [4.78, 5) is 10.9. The highest BCUT2D eigenvalue weighted by Crippen LogP contribution is 2.08. The van der Waals surface area contributed by atoms with Crippen LogP contribution in [0.25, 0.3) is 0 Å². The summed E-state index contributed by atoms with van der Waals surface area (Å²) in [6, 6.07) is 0. The molecule has 0 aliphatic rings. The van der Waals surface area contributed by atoms with Gasteiger partial charge in [0.1, 0.15) is 0 Å². The van der Waals surface area contributed by atoms with Gasteiger partial charge in [-0.3, -0.25) is 4.79 Å². The average Bonchev–Trinajstić information content (AvgIpc) is 2.21. The van der Waals surface area contributed by atoms with Crippen LogP contribution in [0.5, 0.6) is 0 Å². The lowest BCUT2D eigenvalue weighted by Crippen LogP contribution is -1.97. The van der Waals surface area contributed by atoms with Gasteiger partial charge in [0, 0.05) is 6.42 Å². The van der Waals surface area contributed by atoms with E-state index in [2.05, 4.69) is 6.58 Å². The first-order valence-electron chi connectivity index (χ1n) is 5.66. The minimum absolute atomic E-state index is 0.174. The fraction of sp³-hybridized carbons (Fsp3) is 0.750. The summed E-state index contributed by atoms with van der Waals surface area (Å²) in [5.41, 5.74) is 5.39. The van der Waals surface area contributed by atoms with Crippen LogP contribution in [0.3, 0.4) is 0 Å². The highest BCUT2D eigenvalue weighted by molar-refractivity contribution is 5.88. The second-order valence-electron chi connectivity index (χ2n) is 3.68. The topological polar surface area (TPSA) is 43.1 Å². The quantitative estimate of drug-likeness (QED) is 0.432. The largest absolute Gasteiger partial charge is 0.330 e. The van der Waals surface area contributed by atoms with E-state index in [1.807, 2.05) is 0 Å². The molecule has 0 atom stereocenters. The van der Waals surface area contributed by atoms with Crippen molar-refractivity contribution in [3.05, 3.63) is 12.7 Å². The van der Waals surface area contributed by atoms with E-state index >= 15 is 0 Å². The molecule has 0 spiro atoms. The van der Waals surface area contributed by atoms with E-state index in [0.29, 0.717) is 6.42 Å². The van der Waals surface area contributed by atoms with Gasteiger partial charge >= 0.3 is 0 Å². The van der Waals surface area contributed by atoms with E-state index in [1.165, 1.54) is 38.2 Å². The normalized spacial score (nSPS) is 10.1. The Morgan fingerprint density at radius 3 is 2.00 bits per heavy atom. The maximum Gasteiger partial charge on any atom is 0.155 e. The van der Waals surface area contributed by atoms with Crippen LogP contribution in [-0.2, 0) is 4.79 Å².